The highest BCUT2D eigenvalue weighted by Gasteiger charge is 2.15. The first-order valence-corrected chi connectivity index (χ1v) is 4.46. The third kappa shape index (κ3) is 3.16. The van der Waals surface area contributed by atoms with Crippen molar-refractivity contribution in [1.29, 1.82) is 0 Å². The van der Waals surface area contributed by atoms with Crippen molar-refractivity contribution in [3.05, 3.63) is 18.2 Å². The van der Waals surface area contributed by atoms with Crippen molar-refractivity contribution < 1.29 is 9.18 Å². The summed E-state index contributed by atoms with van der Waals surface area (Å²) in [6, 6.07) is -0.439. The quantitative estimate of drug-likeness (QED) is 0.792. The average Bonchev–Trinajstić information content (AvgIpc) is 2.20. The fourth-order valence-corrected chi connectivity index (χ4v) is 1.03. The summed E-state index contributed by atoms with van der Waals surface area (Å²) in [5.74, 6) is -0.367. The van der Waals surface area contributed by atoms with Crippen LogP contribution in [0, 0.1) is 5.82 Å². The highest BCUT2D eigenvalue weighted by molar-refractivity contribution is 5.83. The third-order valence-corrected chi connectivity index (χ3v) is 1.78. The first kappa shape index (κ1) is 11.4. The molecule has 82 valence electrons. The van der Waals surface area contributed by atoms with Gasteiger partial charge in [0.2, 0.25) is 11.9 Å². The van der Waals surface area contributed by atoms with Gasteiger partial charge in [-0.15, -0.1) is 0 Å². The number of nitrogens with one attached hydrogen (secondary N) is 1. The van der Waals surface area contributed by atoms with Gasteiger partial charge in [0, 0.05) is 14.1 Å². The first-order chi connectivity index (χ1) is 7.00. The Bertz CT molecular complexity index is 338. The number of hydrogen-bond acceptors (Lipinski definition) is 4. The van der Waals surface area contributed by atoms with Crippen molar-refractivity contribution in [3.8, 4) is 0 Å². The Morgan fingerprint density at radius 2 is 2.00 bits per heavy atom. The van der Waals surface area contributed by atoms with Crippen molar-refractivity contribution in [2.75, 3.05) is 19.4 Å². The highest BCUT2D eigenvalue weighted by atomic mass is 19.1. The molecule has 1 aromatic rings. The molecule has 0 aromatic carbocycles. The molecule has 5 nitrogen and oxygen atoms in total. The van der Waals surface area contributed by atoms with Gasteiger partial charge < -0.3 is 10.2 Å². The van der Waals surface area contributed by atoms with Crippen LogP contribution >= 0.6 is 0 Å². The van der Waals surface area contributed by atoms with Crippen LogP contribution in [-0.2, 0) is 4.79 Å². The van der Waals surface area contributed by atoms with Crippen LogP contribution in [0.15, 0.2) is 12.4 Å². The second-order valence-corrected chi connectivity index (χ2v) is 3.32. The van der Waals surface area contributed by atoms with E-state index in [0.717, 1.165) is 12.4 Å². The Morgan fingerprint density at radius 1 is 1.47 bits per heavy atom. The minimum atomic E-state index is -0.507. The highest BCUT2D eigenvalue weighted by Crippen LogP contribution is 2.01. The van der Waals surface area contributed by atoms with E-state index >= 15 is 0 Å². The minimum absolute atomic E-state index is 0.0945. The SMILES string of the molecule is C[C@H](Nc1ncc(F)cn1)C(=O)N(C)C. The molecule has 0 unspecified atom stereocenters. The molecule has 15 heavy (non-hydrogen) atoms. The topological polar surface area (TPSA) is 58.1 Å². The van der Waals surface area contributed by atoms with Gasteiger partial charge in [0.1, 0.15) is 6.04 Å². The third-order valence-electron chi connectivity index (χ3n) is 1.78. The number of anilines is 1. The van der Waals surface area contributed by atoms with Gasteiger partial charge in [-0.3, -0.25) is 4.79 Å². The predicted molar refractivity (Wildman–Crippen MR) is 53.8 cm³/mol. The number of hydrogen-bond donors (Lipinski definition) is 1. The predicted octanol–water partition coefficient (Wildman–Crippen LogP) is 0.504. The van der Waals surface area contributed by atoms with E-state index in [9.17, 15) is 9.18 Å². The monoisotopic (exact) mass is 212 g/mol. The van der Waals surface area contributed by atoms with Crippen LogP contribution in [0.1, 0.15) is 6.92 Å². The van der Waals surface area contributed by atoms with Gasteiger partial charge in [-0.1, -0.05) is 0 Å². The summed E-state index contributed by atoms with van der Waals surface area (Å²) in [4.78, 5) is 20.3. The first-order valence-electron chi connectivity index (χ1n) is 4.46. The molecule has 1 rings (SSSR count). The molecule has 0 radical (unpaired) electrons. The summed E-state index contributed by atoms with van der Waals surface area (Å²) in [5, 5.41) is 2.77. The zero-order valence-corrected chi connectivity index (χ0v) is 8.86. The molecule has 0 aliphatic carbocycles. The van der Waals surface area contributed by atoms with Crippen LogP contribution in [0.5, 0.6) is 0 Å². The molecule has 1 N–H and O–H groups in total. The number of amides is 1. The number of likely N-dealkylation sites (N-methyl/N-ethyl adjacent to an activating group) is 1. The molecule has 0 saturated heterocycles. The molecule has 6 heteroatoms. The van der Waals surface area contributed by atoms with Crippen molar-refractivity contribution in [2.45, 2.75) is 13.0 Å². The van der Waals surface area contributed by atoms with Crippen molar-refractivity contribution in [3.63, 3.8) is 0 Å². The van der Waals surface area contributed by atoms with Crippen LogP contribution < -0.4 is 5.32 Å². The molecular weight excluding hydrogens is 199 g/mol. The molecule has 1 atom stereocenters. The summed E-state index contributed by atoms with van der Waals surface area (Å²) in [7, 11) is 3.32. The van der Waals surface area contributed by atoms with E-state index in [0.29, 0.717) is 0 Å². The van der Waals surface area contributed by atoms with E-state index in [-0.39, 0.29) is 11.9 Å². The second kappa shape index (κ2) is 4.68. The number of carbonyl (C=O) groups is 1. The summed E-state index contributed by atoms with van der Waals surface area (Å²) in [5.41, 5.74) is 0. The number of carbonyl (C=O) groups excluding carboxylic acids is 1. The fraction of sp³-hybridized carbons (Fsp3) is 0.444. The number of halogens is 1. The minimum Gasteiger partial charge on any atom is -0.347 e. The zero-order chi connectivity index (χ0) is 11.4. The molecule has 0 aliphatic heterocycles. The Hall–Kier alpha value is -1.72. The number of rotatable bonds is 3. The van der Waals surface area contributed by atoms with Crippen molar-refractivity contribution >= 4 is 11.9 Å². The maximum atomic E-state index is 12.5. The van der Waals surface area contributed by atoms with E-state index in [1.54, 1.807) is 21.0 Å². The van der Waals surface area contributed by atoms with E-state index in [1.165, 1.54) is 4.90 Å². The largest absolute Gasteiger partial charge is 0.347 e. The normalized spacial score (nSPS) is 12.0. The van der Waals surface area contributed by atoms with Gasteiger partial charge in [-0.25, -0.2) is 14.4 Å². The molecule has 0 fully saturated rings. The second-order valence-electron chi connectivity index (χ2n) is 3.32. The molecular formula is C9H13FN4O. The maximum absolute atomic E-state index is 12.5. The van der Waals surface area contributed by atoms with Gasteiger partial charge in [0.05, 0.1) is 12.4 Å². The van der Waals surface area contributed by atoms with E-state index in [1.807, 2.05) is 0 Å². The van der Waals surface area contributed by atoms with Crippen LogP contribution in [0.4, 0.5) is 10.3 Å². The van der Waals surface area contributed by atoms with Crippen LogP contribution in [0.3, 0.4) is 0 Å². The zero-order valence-electron chi connectivity index (χ0n) is 8.86. The van der Waals surface area contributed by atoms with E-state index in [2.05, 4.69) is 15.3 Å². The lowest BCUT2D eigenvalue weighted by Crippen LogP contribution is -2.37. The summed E-state index contributed by atoms with van der Waals surface area (Å²) >= 11 is 0. The summed E-state index contributed by atoms with van der Waals surface area (Å²) in [6.07, 6.45) is 2.09. The fourth-order valence-electron chi connectivity index (χ4n) is 1.03. The lowest BCUT2D eigenvalue weighted by molar-refractivity contribution is -0.129. The van der Waals surface area contributed by atoms with Crippen LogP contribution in [0.25, 0.3) is 0 Å². The Balaban J connectivity index is 2.62. The Kier molecular flexibility index (Phi) is 3.54. The van der Waals surface area contributed by atoms with Gasteiger partial charge in [0.25, 0.3) is 0 Å². The van der Waals surface area contributed by atoms with Crippen molar-refractivity contribution in [2.24, 2.45) is 0 Å². The molecule has 0 bridgehead atoms. The molecule has 1 heterocycles. The summed E-state index contributed by atoms with van der Waals surface area (Å²) < 4.78 is 12.5. The Morgan fingerprint density at radius 3 is 2.47 bits per heavy atom. The Labute approximate surface area is 87.3 Å². The summed E-state index contributed by atoms with van der Waals surface area (Å²) in [6.45, 7) is 1.69. The van der Waals surface area contributed by atoms with Gasteiger partial charge in [-0.05, 0) is 6.92 Å². The van der Waals surface area contributed by atoms with Crippen LogP contribution in [-0.4, -0.2) is 40.9 Å². The van der Waals surface area contributed by atoms with E-state index < -0.39 is 11.9 Å². The number of aromatic nitrogens is 2. The van der Waals surface area contributed by atoms with Gasteiger partial charge in [0.15, 0.2) is 5.82 Å². The van der Waals surface area contributed by atoms with Gasteiger partial charge >= 0.3 is 0 Å². The van der Waals surface area contributed by atoms with Crippen LogP contribution in [0.2, 0.25) is 0 Å². The molecule has 1 aromatic heterocycles. The van der Waals surface area contributed by atoms with Crippen molar-refractivity contribution in [1.82, 2.24) is 14.9 Å². The lowest BCUT2D eigenvalue weighted by Gasteiger charge is -2.17. The molecule has 0 aliphatic rings. The molecule has 0 spiro atoms. The molecule has 0 saturated carbocycles. The standard InChI is InChI=1S/C9H13FN4O/c1-6(8(15)14(2)3)13-9-11-4-7(10)5-12-9/h4-6H,1-3H3,(H,11,12,13)/t6-/m0/s1. The van der Waals surface area contributed by atoms with E-state index in [4.69, 9.17) is 0 Å². The number of nitrogens with zero attached hydrogens (tertiary/aromatic N) is 3. The maximum Gasteiger partial charge on any atom is 0.244 e. The lowest BCUT2D eigenvalue weighted by atomic mass is 10.3. The average molecular weight is 212 g/mol. The van der Waals surface area contributed by atoms with Gasteiger partial charge in [-0.2, -0.15) is 0 Å². The molecule has 1 amide bonds. The smallest absolute Gasteiger partial charge is 0.244 e.